The van der Waals surface area contributed by atoms with Crippen molar-refractivity contribution in [3.8, 4) is 5.75 Å². The molecule has 0 amide bonds. The lowest BCUT2D eigenvalue weighted by Crippen LogP contribution is -2.07. The zero-order valence-electron chi connectivity index (χ0n) is 13.0. The summed E-state index contributed by atoms with van der Waals surface area (Å²) in [6, 6.07) is 11.4. The van der Waals surface area contributed by atoms with Gasteiger partial charge in [0.05, 0.1) is 23.4 Å². The molecule has 6 heteroatoms. The van der Waals surface area contributed by atoms with Gasteiger partial charge in [0, 0.05) is 0 Å². The Balaban J connectivity index is 2.19. The summed E-state index contributed by atoms with van der Waals surface area (Å²) in [5, 5.41) is 0.678. The average Bonchev–Trinajstić information content (AvgIpc) is 2.59. The van der Waals surface area contributed by atoms with E-state index < -0.39 is 17.2 Å². The first-order valence-corrected chi connectivity index (χ1v) is 7.43. The Hall–Kier alpha value is -3.02. The highest BCUT2D eigenvalue weighted by Crippen LogP contribution is 2.36. The number of fused-ring (bicyclic) bond motifs is 3. The van der Waals surface area contributed by atoms with Crippen molar-refractivity contribution in [3.05, 3.63) is 64.3 Å². The van der Waals surface area contributed by atoms with Gasteiger partial charge in [0.2, 0.25) is 5.43 Å². The molecule has 3 aromatic carbocycles. The molecule has 25 heavy (non-hydrogen) atoms. The van der Waals surface area contributed by atoms with Gasteiger partial charge in [-0.15, -0.1) is 0 Å². The van der Waals surface area contributed by atoms with Gasteiger partial charge in [0.25, 0.3) is 0 Å². The summed E-state index contributed by atoms with van der Waals surface area (Å²) >= 11 is 0. The molecule has 0 aliphatic carbocycles. The van der Waals surface area contributed by atoms with Crippen molar-refractivity contribution in [2.45, 2.75) is 6.18 Å². The van der Waals surface area contributed by atoms with Crippen molar-refractivity contribution in [1.82, 2.24) is 0 Å². The van der Waals surface area contributed by atoms with Crippen molar-refractivity contribution >= 4 is 32.7 Å². The van der Waals surface area contributed by atoms with E-state index in [0.717, 1.165) is 6.07 Å². The molecule has 0 bridgehead atoms. The number of benzene rings is 3. The van der Waals surface area contributed by atoms with Crippen LogP contribution < -0.4 is 10.2 Å². The zero-order chi connectivity index (χ0) is 17.8. The third-order valence-electron chi connectivity index (χ3n) is 4.19. The molecular weight excluding hydrogens is 333 g/mol. The Labute approximate surface area is 139 Å². The maximum atomic E-state index is 13.3. The Bertz CT molecular complexity index is 1190. The van der Waals surface area contributed by atoms with Crippen LogP contribution in [0.4, 0.5) is 13.2 Å². The van der Waals surface area contributed by atoms with Gasteiger partial charge in [-0.25, -0.2) is 0 Å². The monoisotopic (exact) mass is 344 g/mol. The summed E-state index contributed by atoms with van der Waals surface area (Å²) < 4.78 is 50.7. The topological polar surface area (TPSA) is 39.4 Å². The minimum absolute atomic E-state index is 0.0305. The van der Waals surface area contributed by atoms with Gasteiger partial charge in [-0.3, -0.25) is 4.79 Å². The first-order chi connectivity index (χ1) is 11.9. The first-order valence-electron chi connectivity index (χ1n) is 7.43. The Kier molecular flexibility index (Phi) is 3.25. The van der Waals surface area contributed by atoms with Crippen molar-refractivity contribution in [2.75, 3.05) is 7.11 Å². The summed E-state index contributed by atoms with van der Waals surface area (Å²) in [7, 11) is 1.45. The summed E-state index contributed by atoms with van der Waals surface area (Å²) in [6.45, 7) is 0. The Morgan fingerprint density at radius 3 is 2.44 bits per heavy atom. The lowest BCUT2D eigenvalue weighted by molar-refractivity contribution is -0.136. The molecule has 0 radical (unpaired) electrons. The lowest BCUT2D eigenvalue weighted by atomic mass is 10.0. The van der Waals surface area contributed by atoms with Crippen molar-refractivity contribution < 1.29 is 22.3 Å². The van der Waals surface area contributed by atoms with Crippen LogP contribution in [0.2, 0.25) is 0 Å². The lowest BCUT2D eigenvalue weighted by Gasteiger charge is -2.11. The highest BCUT2D eigenvalue weighted by Gasteiger charge is 2.32. The SMILES string of the molecule is COc1cccc2c(=O)c3cc4c(C(F)(F)F)cccc4cc3oc12. The number of hydrogen-bond donors (Lipinski definition) is 0. The summed E-state index contributed by atoms with van der Waals surface area (Å²) in [5.41, 5.74) is -0.686. The van der Waals surface area contributed by atoms with Crippen LogP contribution in [0.15, 0.2) is 57.7 Å². The largest absolute Gasteiger partial charge is 0.493 e. The third-order valence-corrected chi connectivity index (χ3v) is 4.19. The number of methoxy groups -OCH3 is 1. The second-order valence-electron chi connectivity index (χ2n) is 5.64. The number of halogens is 3. The number of para-hydroxylation sites is 1. The highest BCUT2D eigenvalue weighted by atomic mass is 19.4. The molecule has 0 atom stereocenters. The smallest absolute Gasteiger partial charge is 0.417 e. The molecule has 0 fully saturated rings. The summed E-state index contributed by atoms with van der Waals surface area (Å²) in [4.78, 5) is 12.8. The van der Waals surface area contributed by atoms with Gasteiger partial charge in [0.1, 0.15) is 5.58 Å². The van der Waals surface area contributed by atoms with Crippen LogP contribution in [0.3, 0.4) is 0 Å². The van der Waals surface area contributed by atoms with Gasteiger partial charge in [-0.05, 0) is 41.1 Å². The number of alkyl halides is 3. The van der Waals surface area contributed by atoms with E-state index in [4.69, 9.17) is 9.15 Å². The van der Waals surface area contributed by atoms with E-state index in [1.807, 2.05) is 0 Å². The summed E-state index contributed by atoms with van der Waals surface area (Å²) in [5.74, 6) is 0.389. The molecule has 0 saturated carbocycles. The van der Waals surface area contributed by atoms with E-state index >= 15 is 0 Å². The first kappa shape index (κ1) is 15.5. The van der Waals surface area contributed by atoms with Gasteiger partial charge in [-0.2, -0.15) is 13.2 Å². The molecule has 0 N–H and O–H groups in total. The fourth-order valence-electron chi connectivity index (χ4n) is 3.03. The molecule has 0 aliphatic heterocycles. The third kappa shape index (κ3) is 2.33. The maximum absolute atomic E-state index is 13.3. The van der Waals surface area contributed by atoms with E-state index in [9.17, 15) is 18.0 Å². The van der Waals surface area contributed by atoms with Crippen molar-refractivity contribution in [1.29, 1.82) is 0 Å². The van der Waals surface area contributed by atoms with Gasteiger partial charge in [0.15, 0.2) is 11.3 Å². The molecular formula is C19H11F3O3. The van der Waals surface area contributed by atoms with Gasteiger partial charge in [-0.1, -0.05) is 18.2 Å². The molecule has 0 saturated heterocycles. The second kappa shape index (κ2) is 5.24. The molecule has 4 rings (SSSR count). The predicted octanol–water partition coefficient (Wildman–Crippen LogP) is 5.13. The van der Waals surface area contributed by atoms with E-state index in [-0.39, 0.29) is 27.3 Å². The van der Waals surface area contributed by atoms with E-state index in [1.54, 1.807) is 24.3 Å². The fourth-order valence-corrected chi connectivity index (χ4v) is 3.03. The standard InChI is InChI=1S/C19H11F3O3/c1-24-15-7-3-5-11-17(23)13-9-12-10(8-16(13)25-18(11)15)4-2-6-14(12)19(20,21)22/h2-9H,1H3. The van der Waals surface area contributed by atoms with Crippen LogP contribution in [-0.2, 0) is 6.18 Å². The fraction of sp³-hybridized carbons (Fsp3) is 0.105. The van der Waals surface area contributed by atoms with E-state index in [0.29, 0.717) is 11.1 Å². The Morgan fingerprint density at radius 1 is 0.960 bits per heavy atom. The molecule has 0 aliphatic rings. The zero-order valence-corrected chi connectivity index (χ0v) is 13.0. The van der Waals surface area contributed by atoms with E-state index in [1.165, 1.54) is 25.3 Å². The summed E-state index contributed by atoms with van der Waals surface area (Å²) in [6.07, 6.45) is -4.51. The normalized spacial score (nSPS) is 12.2. The minimum Gasteiger partial charge on any atom is -0.493 e. The van der Waals surface area contributed by atoms with Crippen molar-refractivity contribution in [2.24, 2.45) is 0 Å². The predicted molar refractivity (Wildman–Crippen MR) is 89.1 cm³/mol. The van der Waals surface area contributed by atoms with Crippen LogP contribution >= 0.6 is 0 Å². The minimum atomic E-state index is -4.51. The molecule has 0 unspecified atom stereocenters. The molecule has 1 aromatic heterocycles. The van der Waals surface area contributed by atoms with Crippen LogP contribution in [0.5, 0.6) is 5.75 Å². The molecule has 1 heterocycles. The quantitative estimate of drug-likeness (QED) is 0.450. The van der Waals surface area contributed by atoms with Crippen LogP contribution in [-0.4, -0.2) is 7.11 Å². The molecule has 3 nitrogen and oxygen atoms in total. The second-order valence-corrected chi connectivity index (χ2v) is 5.64. The molecule has 126 valence electrons. The highest BCUT2D eigenvalue weighted by molar-refractivity contribution is 6.01. The molecule has 0 spiro atoms. The molecule has 4 aromatic rings. The number of ether oxygens (including phenoxy) is 1. The van der Waals surface area contributed by atoms with E-state index in [2.05, 4.69) is 0 Å². The number of rotatable bonds is 1. The van der Waals surface area contributed by atoms with Crippen LogP contribution in [0.25, 0.3) is 32.7 Å². The van der Waals surface area contributed by atoms with Gasteiger partial charge >= 0.3 is 6.18 Å². The van der Waals surface area contributed by atoms with Gasteiger partial charge < -0.3 is 9.15 Å². The Morgan fingerprint density at radius 2 is 1.72 bits per heavy atom. The number of hydrogen-bond acceptors (Lipinski definition) is 3. The van der Waals surface area contributed by atoms with Crippen LogP contribution in [0.1, 0.15) is 5.56 Å². The van der Waals surface area contributed by atoms with Crippen LogP contribution in [0, 0.1) is 0 Å². The average molecular weight is 344 g/mol. The maximum Gasteiger partial charge on any atom is 0.417 e. The van der Waals surface area contributed by atoms with Crippen molar-refractivity contribution in [3.63, 3.8) is 0 Å².